The van der Waals surface area contributed by atoms with Crippen molar-refractivity contribution in [2.75, 3.05) is 14.2 Å². The molecule has 0 amide bonds. The van der Waals surface area contributed by atoms with Gasteiger partial charge >= 0.3 is 0 Å². The fourth-order valence-electron chi connectivity index (χ4n) is 2.61. The first-order valence-electron chi connectivity index (χ1n) is 8.18. The lowest BCUT2D eigenvalue weighted by atomic mass is 10.1. The van der Waals surface area contributed by atoms with Gasteiger partial charge in [-0.2, -0.15) is 0 Å². The summed E-state index contributed by atoms with van der Waals surface area (Å²) >= 11 is 0. The van der Waals surface area contributed by atoms with Gasteiger partial charge in [0, 0.05) is 17.3 Å². The van der Waals surface area contributed by atoms with Gasteiger partial charge < -0.3 is 14.5 Å². The van der Waals surface area contributed by atoms with E-state index in [1.54, 1.807) is 26.4 Å². The first-order chi connectivity index (χ1) is 12.6. The lowest BCUT2D eigenvalue weighted by molar-refractivity contribution is 0.104. The number of aromatic nitrogens is 2. The standard InChI is InChI=1S/C21H20N2O3/c1-14-20(23-21(22-14)16-7-5-4-6-8-16)19(24)10-9-15-11-17(25-2)13-18(12-15)26-3/h4-13H,1-3H3,(H,22,23)/b10-9+. The molecule has 0 saturated carbocycles. The molecular formula is C21H20N2O3. The second kappa shape index (κ2) is 7.70. The van der Waals surface area contributed by atoms with E-state index < -0.39 is 0 Å². The first-order valence-corrected chi connectivity index (χ1v) is 8.18. The van der Waals surface area contributed by atoms with Crippen molar-refractivity contribution in [3.63, 3.8) is 0 Å². The summed E-state index contributed by atoms with van der Waals surface area (Å²) in [6, 6.07) is 15.2. The lowest BCUT2D eigenvalue weighted by Gasteiger charge is -2.05. The summed E-state index contributed by atoms with van der Waals surface area (Å²) in [6.45, 7) is 1.84. The van der Waals surface area contributed by atoms with Gasteiger partial charge in [0.05, 0.1) is 14.2 Å². The van der Waals surface area contributed by atoms with Gasteiger partial charge in [-0.1, -0.05) is 36.4 Å². The molecule has 3 rings (SSSR count). The highest BCUT2D eigenvalue weighted by Crippen LogP contribution is 2.24. The zero-order valence-corrected chi connectivity index (χ0v) is 14.9. The molecule has 5 heteroatoms. The second-order valence-corrected chi connectivity index (χ2v) is 5.77. The van der Waals surface area contributed by atoms with E-state index in [2.05, 4.69) is 9.97 Å². The van der Waals surface area contributed by atoms with E-state index in [9.17, 15) is 4.79 Å². The van der Waals surface area contributed by atoms with Crippen molar-refractivity contribution in [3.8, 4) is 22.9 Å². The van der Waals surface area contributed by atoms with Crippen LogP contribution < -0.4 is 9.47 Å². The molecular weight excluding hydrogens is 328 g/mol. The van der Waals surface area contributed by atoms with E-state index >= 15 is 0 Å². The van der Waals surface area contributed by atoms with Crippen molar-refractivity contribution in [3.05, 3.63) is 71.6 Å². The van der Waals surface area contributed by atoms with Gasteiger partial charge in [-0.15, -0.1) is 0 Å². The molecule has 1 aromatic heterocycles. The highest BCUT2D eigenvalue weighted by atomic mass is 16.5. The Hall–Kier alpha value is -3.34. The SMILES string of the molecule is COc1cc(/C=C/C(=O)c2nc(-c3ccccc3)[nH]c2C)cc(OC)c1. The molecule has 0 spiro atoms. The maximum absolute atomic E-state index is 12.6. The fourth-order valence-corrected chi connectivity index (χ4v) is 2.61. The molecule has 1 N–H and O–H groups in total. The number of ether oxygens (including phenoxy) is 2. The Kier molecular flexibility index (Phi) is 5.17. The molecule has 0 bridgehead atoms. The van der Waals surface area contributed by atoms with Crippen LogP contribution in [0.2, 0.25) is 0 Å². The van der Waals surface area contributed by atoms with E-state index in [-0.39, 0.29) is 5.78 Å². The number of carbonyl (C=O) groups excluding carboxylic acids is 1. The van der Waals surface area contributed by atoms with E-state index in [0.717, 1.165) is 16.8 Å². The zero-order valence-electron chi connectivity index (χ0n) is 14.9. The number of methoxy groups -OCH3 is 2. The van der Waals surface area contributed by atoms with Crippen molar-refractivity contribution in [2.45, 2.75) is 6.92 Å². The van der Waals surface area contributed by atoms with Crippen LogP contribution in [0.3, 0.4) is 0 Å². The summed E-state index contributed by atoms with van der Waals surface area (Å²) in [5, 5.41) is 0. The molecule has 0 unspecified atom stereocenters. The first kappa shape index (κ1) is 17.5. The highest BCUT2D eigenvalue weighted by molar-refractivity contribution is 6.06. The monoisotopic (exact) mass is 348 g/mol. The number of hydrogen-bond acceptors (Lipinski definition) is 4. The number of hydrogen-bond donors (Lipinski definition) is 1. The number of carbonyl (C=O) groups is 1. The predicted octanol–water partition coefficient (Wildman–Crippen LogP) is 4.30. The fraction of sp³-hybridized carbons (Fsp3) is 0.143. The van der Waals surface area contributed by atoms with Gasteiger partial charge in [-0.3, -0.25) is 4.79 Å². The Bertz CT molecular complexity index is 921. The summed E-state index contributed by atoms with van der Waals surface area (Å²) in [7, 11) is 3.18. The topological polar surface area (TPSA) is 64.2 Å². The molecule has 0 saturated heterocycles. The summed E-state index contributed by atoms with van der Waals surface area (Å²) in [4.78, 5) is 20.2. The van der Waals surface area contributed by atoms with E-state index in [4.69, 9.17) is 9.47 Å². The molecule has 2 aromatic carbocycles. The molecule has 0 aliphatic heterocycles. The second-order valence-electron chi connectivity index (χ2n) is 5.77. The molecule has 0 aliphatic rings. The number of aromatic amines is 1. The summed E-state index contributed by atoms with van der Waals surface area (Å²) < 4.78 is 10.5. The molecule has 3 aromatic rings. The highest BCUT2D eigenvalue weighted by Gasteiger charge is 2.13. The van der Waals surface area contributed by atoms with Crippen LogP contribution in [0, 0.1) is 6.92 Å². The number of ketones is 1. The van der Waals surface area contributed by atoms with Crippen LogP contribution in [0.5, 0.6) is 11.5 Å². The average molecular weight is 348 g/mol. The van der Waals surface area contributed by atoms with Gasteiger partial charge in [0.15, 0.2) is 0 Å². The van der Waals surface area contributed by atoms with Crippen molar-refractivity contribution in [1.29, 1.82) is 0 Å². The Morgan fingerprint density at radius 3 is 2.31 bits per heavy atom. The van der Waals surface area contributed by atoms with Gasteiger partial charge in [0.25, 0.3) is 0 Å². The van der Waals surface area contributed by atoms with Crippen LogP contribution in [0.1, 0.15) is 21.7 Å². The Morgan fingerprint density at radius 2 is 1.69 bits per heavy atom. The minimum Gasteiger partial charge on any atom is -0.497 e. The number of aryl methyl sites for hydroxylation is 1. The van der Waals surface area contributed by atoms with E-state index in [1.165, 1.54) is 6.08 Å². The van der Waals surface area contributed by atoms with Crippen LogP contribution in [-0.4, -0.2) is 30.0 Å². The third-order valence-electron chi connectivity index (χ3n) is 3.97. The number of benzene rings is 2. The minimum absolute atomic E-state index is 0.164. The van der Waals surface area contributed by atoms with E-state index in [0.29, 0.717) is 23.0 Å². The maximum atomic E-state index is 12.6. The molecule has 26 heavy (non-hydrogen) atoms. The average Bonchev–Trinajstić information content (AvgIpc) is 3.08. The number of nitrogens with one attached hydrogen (secondary N) is 1. The zero-order chi connectivity index (χ0) is 18.5. The van der Waals surface area contributed by atoms with Crippen LogP contribution >= 0.6 is 0 Å². The molecule has 0 atom stereocenters. The summed E-state index contributed by atoms with van der Waals surface area (Å²) in [6.07, 6.45) is 3.23. The lowest BCUT2D eigenvalue weighted by Crippen LogP contribution is -1.97. The number of allylic oxidation sites excluding steroid dienone is 1. The summed E-state index contributed by atoms with van der Waals surface area (Å²) in [5.74, 6) is 1.85. The third-order valence-corrected chi connectivity index (χ3v) is 3.97. The van der Waals surface area contributed by atoms with Gasteiger partial charge in [-0.25, -0.2) is 4.98 Å². The van der Waals surface area contributed by atoms with Gasteiger partial charge in [-0.05, 0) is 30.7 Å². The Morgan fingerprint density at radius 1 is 1.04 bits per heavy atom. The van der Waals surface area contributed by atoms with Crippen molar-refractivity contribution in [1.82, 2.24) is 9.97 Å². The predicted molar refractivity (Wildman–Crippen MR) is 102 cm³/mol. The van der Waals surface area contributed by atoms with Crippen LogP contribution in [0.25, 0.3) is 17.5 Å². The van der Waals surface area contributed by atoms with E-state index in [1.807, 2.05) is 49.4 Å². The number of H-pyrrole nitrogens is 1. The molecule has 0 fully saturated rings. The van der Waals surface area contributed by atoms with Crippen LogP contribution in [0.4, 0.5) is 0 Å². The number of rotatable bonds is 6. The number of imidazole rings is 1. The van der Waals surface area contributed by atoms with Crippen molar-refractivity contribution >= 4 is 11.9 Å². The quantitative estimate of drug-likeness (QED) is 0.533. The maximum Gasteiger partial charge on any atom is 0.206 e. The molecule has 0 radical (unpaired) electrons. The Labute approximate surface area is 152 Å². The van der Waals surface area contributed by atoms with Gasteiger partial charge in [0.1, 0.15) is 23.0 Å². The Balaban J connectivity index is 1.84. The third kappa shape index (κ3) is 3.83. The normalized spacial score (nSPS) is 10.9. The minimum atomic E-state index is -0.164. The molecule has 132 valence electrons. The molecule has 0 aliphatic carbocycles. The van der Waals surface area contributed by atoms with Crippen molar-refractivity contribution in [2.24, 2.45) is 0 Å². The largest absolute Gasteiger partial charge is 0.497 e. The van der Waals surface area contributed by atoms with Crippen molar-refractivity contribution < 1.29 is 14.3 Å². The van der Waals surface area contributed by atoms with Crippen LogP contribution in [0.15, 0.2) is 54.6 Å². The van der Waals surface area contributed by atoms with Gasteiger partial charge in [0.2, 0.25) is 5.78 Å². The smallest absolute Gasteiger partial charge is 0.206 e. The number of nitrogens with zero attached hydrogens (tertiary/aromatic N) is 1. The summed E-state index contributed by atoms with van der Waals surface area (Å²) in [5.41, 5.74) is 2.90. The van der Waals surface area contributed by atoms with Crippen LogP contribution in [-0.2, 0) is 0 Å². The molecule has 5 nitrogen and oxygen atoms in total. The molecule has 1 heterocycles.